The number of hydrogen-bond donors (Lipinski definition) is 1. The monoisotopic (exact) mass is 272 g/mol. The van der Waals surface area contributed by atoms with Gasteiger partial charge in [-0.05, 0) is 29.7 Å². The molecule has 2 nitrogen and oxygen atoms in total. The molecule has 3 unspecified atom stereocenters. The molecule has 1 aliphatic heterocycles. The highest BCUT2D eigenvalue weighted by atomic mass is 15.2. The molecule has 1 aromatic rings. The minimum Gasteiger partial charge on any atom is -0.307 e. The first-order valence-corrected chi connectivity index (χ1v) is 8.12. The predicted molar refractivity (Wildman–Crippen MR) is 84.7 cm³/mol. The van der Waals surface area contributed by atoms with Crippen LogP contribution in [0.2, 0.25) is 0 Å². The zero-order chi connectivity index (χ0) is 14.2. The molecule has 1 aromatic carbocycles. The molecule has 2 heteroatoms. The molecule has 0 amide bonds. The SMILES string of the molecule is CCC1CNC(c2ccccc2)CN1CC1CC1(C)C. The molecule has 1 saturated heterocycles. The summed E-state index contributed by atoms with van der Waals surface area (Å²) in [7, 11) is 0. The number of hydrogen-bond acceptors (Lipinski definition) is 2. The van der Waals surface area contributed by atoms with Crippen LogP contribution in [-0.4, -0.2) is 30.6 Å². The van der Waals surface area contributed by atoms with Crippen molar-refractivity contribution in [2.75, 3.05) is 19.6 Å². The Balaban J connectivity index is 1.66. The third kappa shape index (κ3) is 2.91. The highest BCUT2D eigenvalue weighted by molar-refractivity contribution is 5.20. The summed E-state index contributed by atoms with van der Waals surface area (Å²) in [6, 6.07) is 12.1. The molecule has 1 heterocycles. The normalized spacial score (nSPS) is 33.0. The molecule has 20 heavy (non-hydrogen) atoms. The second-order valence-corrected chi connectivity index (χ2v) is 7.28. The third-order valence-electron chi connectivity index (χ3n) is 5.38. The van der Waals surface area contributed by atoms with Crippen molar-refractivity contribution in [1.29, 1.82) is 0 Å². The van der Waals surface area contributed by atoms with Gasteiger partial charge in [-0.3, -0.25) is 4.90 Å². The van der Waals surface area contributed by atoms with E-state index in [1.165, 1.54) is 24.9 Å². The van der Waals surface area contributed by atoms with E-state index in [9.17, 15) is 0 Å². The van der Waals surface area contributed by atoms with Gasteiger partial charge in [0.05, 0.1) is 0 Å². The molecule has 0 bridgehead atoms. The number of benzene rings is 1. The lowest BCUT2D eigenvalue weighted by molar-refractivity contribution is 0.116. The van der Waals surface area contributed by atoms with E-state index in [0.717, 1.165) is 19.0 Å². The average Bonchev–Trinajstić information content (AvgIpc) is 3.06. The maximum Gasteiger partial charge on any atom is 0.0449 e. The second-order valence-electron chi connectivity index (χ2n) is 7.28. The number of nitrogens with zero attached hydrogens (tertiary/aromatic N) is 1. The lowest BCUT2D eigenvalue weighted by Gasteiger charge is -2.40. The van der Waals surface area contributed by atoms with E-state index in [-0.39, 0.29) is 0 Å². The smallest absolute Gasteiger partial charge is 0.0449 e. The quantitative estimate of drug-likeness (QED) is 0.903. The summed E-state index contributed by atoms with van der Waals surface area (Å²) in [5, 5.41) is 3.74. The van der Waals surface area contributed by atoms with E-state index in [1.54, 1.807) is 0 Å². The van der Waals surface area contributed by atoms with Crippen LogP contribution in [0.4, 0.5) is 0 Å². The molecule has 3 rings (SSSR count). The van der Waals surface area contributed by atoms with Gasteiger partial charge in [-0.25, -0.2) is 0 Å². The molecule has 3 atom stereocenters. The van der Waals surface area contributed by atoms with Crippen LogP contribution in [-0.2, 0) is 0 Å². The summed E-state index contributed by atoms with van der Waals surface area (Å²) in [6.07, 6.45) is 2.66. The van der Waals surface area contributed by atoms with Crippen molar-refractivity contribution >= 4 is 0 Å². The summed E-state index contributed by atoms with van der Waals surface area (Å²) >= 11 is 0. The Morgan fingerprint density at radius 1 is 1.25 bits per heavy atom. The molecule has 0 spiro atoms. The van der Waals surface area contributed by atoms with Gasteiger partial charge < -0.3 is 5.32 Å². The van der Waals surface area contributed by atoms with Crippen LogP contribution in [0.25, 0.3) is 0 Å². The highest BCUT2D eigenvalue weighted by Crippen LogP contribution is 2.52. The van der Waals surface area contributed by atoms with Crippen molar-refractivity contribution in [2.24, 2.45) is 11.3 Å². The van der Waals surface area contributed by atoms with Gasteiger partial charge in [0.2, 0.25) is 0 Å². The topological polar surface area (TPSA) is 15.3 Å². The minimum atomic E-state index is 0.501. The lowest BCUT2D eigenvalue weighted by Crippen LogP contribution is -2.53. The van der Waals surface area contributed by atoms with E-state index >= 15 is 0 Å². The van der Waals surface area contributed by atoms with E-state index in [2.05, 4.69) is 61.3 Å². The van der Waals surface area contributed by atoms with Gasteiger partial charge in [-0.15, -0.1) is 0 Å². The van der Waals surface area contributed by atoms with Crippen molar-refractivity contribution in [1.82, 2.24) is 10.2 Å². The molecule has 110 valence electrons. The summed E-state index contributed by atoms with van der Waals surface area (Å²) in [5.41, 5.74) is 2.02. The van der Waals surface area contributed by atoms with Crippen molar-refractivity contribution in [2.45, 2.75) is 45.7 Å². The second kappa shape index (κ2) is 5.50. The standard InChI is InChI=1S/C18H28N2/c1-4-16-11-19-17(14-8-6-5-7-9-14)13-20(16)12-15-10-18(15,2)3/h5-9,15-17,19H,4,10-13H2,1-3H3. The highest BCUT2D eigenvalue weighted by Gasteiger charge is 2.47. The van der Waals surface area contributed by atoms with Gasteiger partial charge in [0.15, 0.2) is 0 Å². The maximum atomic E-state index is 3.74. The fraction of sp³-hybridized carbons (Fsp3) is 0.667. The third-order valence-corrected chi connectivity index (χ3v) is 5.38. The van der Waals surface area contributed by atoms with E-state index in [1.807, 2.05) is 0 Å². The first kappa shape index (κ1) is 14.1. The molecule has 2 aliphatic rings. The average molecular weight is 272 g/mol. The van der Waals surface area contributed by atoms with Crippen LogP contribution in [0.5, 0.6) is 0 Å². The first-order valence-electron chi connectivity index (χ1n) is 8.12. The first-order chi connectivity index (χ1) is 9.60. The van der Waals surface area contributed by atoms with Crippen molar-refractivity contribution in [3.8, 4) is 0 Å². The van der Waals surface area contributed by atoms with Crippen LogP contribution < -0.4 is 5.32 Å². The molecule has 2 fully saturated rings. The molecule has 0 aromatic heterocycles. The molecule has 1 saturated carbocycles. The Morgan fingerprint density at radius 3 is 2.55 bits per heavy atom. The summed E-state index contributed by atoms with van der Waals surface area (Å²) in [4.78, 5) is 2.74. The Kier molecular flexibility index (Phi) is 3.87. The van der Waals surface area contributed by atoms with Crippen LogP contribution in [0.3, 0.4) is 0 Å². The van der Waals surface area contributed by atoms with Crippen LogP contribution in [0.1, 0.15) is 45.2 Å². The lowest BCUT2D eigenvalue weighted by atomic mass is 9.99. The summed E-state index contributed by atoms with van der Waals surface area (Å²) in [5.74, 6) is 0.908. The van der Waals surface area contributed by atoms with Gasteiger partial charge in [0, 0.05) is 31.7 Å². The zero-order valence-electron chi connectivity index (χ0n) is 13.1. The van der Waals surface area contributed by atoms with Gasteiger partial charge in [0.25, 0.3) is 0 Å². The fourth-order valence-corrected chi connectivity index (χ4v) is 3.56. The van der Waals surface area contributed by atoms with Crippen molar-refractivity contribution in [3.05, 3.63) is 35.9 Å². The van der Waals surface area contributed by atoms with Crippen LogP contribution >= 0.6 is 0 Å². The molecular weight excluding hydrogens is 244 g/mol. The predicted octanol–water partition coefficient (Wildman–Crippen LogP) is 3.46. The van der Waals surface area contributed by atoms with E-state index in [4.69, 9.17) is 0 Å². The molecular formula is C18H28N2. The molecule has 0 radical (unpaired) electrons. The largest absolute Gasteiger partial charge is 0.307 e. The van der Waals surface area contributed by atoms with E-state index < -0.39 is 0 Å². The van der Waals surface area contributed by atoms with Crippen molar-refractivity contribution in [3.63, 3.8) is 0 Å². The molecule has 1 aliphatic carbocycles. The summed E-state index contributed by atoms with van der Waals surface area (Å²) in [6.45, 7) is 10.7. The molecule has 1 N–H and O–H groups in total. The minimum absolute atomic E-state index is 0.501. The van der Waals surface area contributed by atoms with Gasteiger partial charge in [0.1, 0.15) is 0 Å². The van der Waals surface area contributed by atoms with Gasteiger partial charge in [-0.2, -0.15) is 0 Å². The summed E-state index contributed by atoms with van der Waals surface area (Å²) < 4.78 is 0. The maximum absolute atomic E-state index is 3.74. The van der Waals surface area contributed by atoms with Crippen LogP contribution in [0.15, 0.2) is 30.3 Å². The van der Waals surface area contributed by atoms with E-state index in [0.29, 0.717) is 17.5 Å². The van der Waals surface area contributed by atoms with Crippen LogP contribution in [0, 0.1) is 11.3 Å². The Hall–Kier alpha value is -0.860. The van der Waals surface area contributed by atoms with Gasteiger partial charge in [-0.1, -0.05) is 51.1 Å². The zero-order valence-corrected chi connectivity index (χ0v) is 13.1. The number of rotatable bonds is 4. The fourth-order valence-electron chi connectivity index (χ4n) is 3.56. The number of nitrogens with one attached hydrogen (secondary N) is 1. The Bertz CT molecular complexity index is 440. The Labute approximate surface area is 123 Å². The van der Waals surface area contributed by atoms with Crippen molar-refractivity contribution < 1.29 is 0 Å². The number of piperazine rings is 1. The van der Waals surface area contributed by atoms with Gasteiger partial charge >= 0.3 is 0 Å². The Morgan fingerprint density at radius 2 is 1.95 bits per heavy atom.